The molecular weight excluding hydrogens is 370 g/mol. The summed E-state index contributed by atoms with van der Waals surface area (Å²) in [4.78, 5) is 25.4. The molecule has 0 saturated carbocycles. The second-order valence-corrected chi connectivity index (χ2v) is 8.16. The third-order valence-corrected chi connectivity index (χ3v) is 6.25. The molecule has 1 aromatic rings. The lowest BCUT2D eigenvalue weighted by atomic mass is 10.2. The zero-order valence-electron chi connectivity index (χ0n) is 15.8. The summed E-state index contributed by atoms with van der Waals surface area (Å²) in [5.41, 5.74) is 0.428. The Hall–Kier alpha value is -2.13. The molecule has 0 unspecified atom stereocenters. The lowest BCUT2D eigenvalue weighted by Crippen LogP contribution is -2.50. The quantitative estimate of drug-likeness (QED) is 0.706. The van der Waals surface area contributed by atoms with E-state index < -0.39 is 16.1 Å². The summed E-state index contributed by atoms with van der Waals surface area (Å²) in [7, 11) is -3.66. The van der Waals surface area contributed by atoms with E-state index in [1.807, 2.05) is 6.92 Å². The average Bonchev–Trinajstić information content (AvgIpc) is 2.68. The highest BCUT2D eigenvalue weighted by Crippen LogP contribution is 2.18. The van der Waals surface area contributed by atoms with E-state index in [-0.39, 0.29) is 43.6 Å². The van der Waals surface area contributed by atoms with Gasteiger partial charge in [-0.05, 0) is 37.6 Å². The van der Waals surface area contributed by atoms with Crippen molar-refractivity contribution in [1.82, 2.24) is 14.5 Å². The Bertz CT molecular complexity index is 741. The number of amides is 2. The van der Waals surface area contributed by atoms with Crippen LogP contribution in [-0.4, -0.2) is 69.0 Å². The van der Waals surface area contributed by atoms with Gasteiger partial charge >= 0.3 is 6.09 Å². The fourth-order valence-electron chi connectivity index (χ4n) is 2.73. The highest BCUT2D eigenvalue weighted by molar-refractivity contribution is 7.89. The largest absolute Gasteiger partial charge is 0.450 e. The van der Waals surface area contributed by atoms with Gasteiger partial charge in [-0.15, -0.1) is 0 Å². The van der Waals surface area contributed by atoms with Crippen LogP contribution in [0.5, 0.6) is 0 Å². The maximum atomic E-state index is 12.8. The Balaban J connectivity index is 1.99. The van der Waals surface area contributed by atoms with Gasteiger partial charge in [0.25, 0.3) is 5.91 Å². The van der Waals surface area contributed by atoms with E-state index in [0.29, 0.717) is 12.1 Å². The molecule has 0 bridgehead atoms. The van der Waals surface area contributed by atoms with E-state index in [1.165, 1.54) is 33.5 Å². The van der Waals surface area contributed by atoms with Crippen LogP contribution < -0.4 is 5.32 Å². The number of sulfonamides is 1. The zero-order valence-corrected chi connectivity index (χ0v) is 16.6. The molecule has 0 aromatic heterocycles. The molecule has 1 fully saturated rings. The normalized spacial score (nSPS) is 15.4. The highest BCUT2D eigenvalue weighted by Gasteiger charge is 2.30. The zero-order chi connectivity index (χ0) is 19.9. The van der Waals surface area contributed by atoms with Crippen LogP contribution in [0.1, 0.15) is 37.0 Å². The molecule has 0 radical (unpaired) electrons. The van der Waals surface area contributed by atoms with Gasteiger partial charge in [0.15, 0.2) is 0 Å². The van der Waals surface area contributed by atoms with Gasteiger partial charge in [0.2, 0.25) is 10.0 Å². The van der Waals surface area contributed by atoms with Crippen molar-refractivity contribution in [3.63, 3.8) is 0 Å². The van der Waals surface area contributed by atoms with Crippen molar-refractivity contribution in [3.05, 3.63) is 29.8 Å². The van der Waals surface area contributed by atoms with Crippen molar-refractivity contribution in [2.75, 3.05) is 39.3 Å². The standard InChI is InChI=1S/C18H27N3O5S/c1-3-5-10-19-17(22)15-6-8-16(9-7-15)27(24,25)21-13-11-20(12-14-21)18(23)26-4-2/h6-9H,3-5,10-14H2,1-2H3,(H,19,22). The monoisotopic (exact) mass is 397 g/mol. The van der Waals surface area contributed by atoms with E-state index in [9.17, 15) is 18.0 Å². The summed E-state index contributed by atoms with van der Waals surface area (Å²) in [6.07, 6.45) is 1.46. The molecule has 2 amide bonds. The first-order valence-electron chi connectivity index (χ1n) is 9.20. The second-order valence-electron chi connectivity index (χ2n) is 6.22. The molecule has 1 aromatic carbocycles. The Morgan fingerprint density at radius 2 is 1.70 bits per heavy atom. The molecule has 1 aliphatic rings. The minimum atomic E-state index is -3.66. The van der Waals surface area contributed by atoms with E-state index >= 15 is 0 Å². The molecule has 8 nitrogen and oxygen atoms in total. The van der Waals surface area contributed by atoms with Crippen molar-refractivity contribution in [2.24, 2.45) is 0 Å². The van der Waals surface area contributed by atoms with Gasteiger partial charge in [0, 0.05) is 38.3 Å². The number of nitrogens with one attached hydrogen (secondary N) is 1. The Morgan fingerprint density at radius 1 is 1.07 bits per heavy atom. The van der Waals surface area contributed by atoms with Crippen molar-refractivity contribution < 1.29 is 22.7 Å². The van der Waals surface area contributed by atoms with Crippen LogP contribution in [0.15, 0.2) is 29.2 Å². The fourth-order valence-corrected chi connectivity index (χ4v) is 4.16. The number of unbranched alkanes of at least 4 members (excludes halogenated alkanes) is 1. The summed E-state index contributed by atoms with van der Waals surface area (Å²) in [5, 5.41) is 2.80. The molecule has 0 atom stereocenters. The summed E-state index contributed by atoms with van der Waals surface area (Å²) in [6, 6.07) is 5.93. The number of hydrogen-bond acceptors (Lipinski definition) is 5. The van der Waals surface area contributed by atoms with Gasteiger partial charge in [0.1, 0.15) is 0 Å². The molecule has 0 spiro atoms. The van der Waals surface area contributed by atoms with E-state index in [2.05, 4.69) is 5.32 Å². The number of rotatable bonds is 7. The first-order valence-corrected chi connectivity index (χ1v) is 10.6. The van der Waals surface area contributed by atoms with E-state index in [0.717, 1.165) is 12.8 Å². The van der Waals surface area contributed by atoms with Crippen LogP contribution in [0.3, 0.4) is 0 Å². The number of carbonyl (C=O) groups excluding carboxylic acids is 2. The number of piperazine rings is 1. The van der Waals surface area contributed by atoms with Crippen LogP contribution in [0.4, 0.5) is 4.79 Å². The summed E-state index contributed by atoms with van der Waals surface area (Å²) in [6.45, 7) is 5.65. The number of benzene rings is 1. The average molecular weight is 397 g/mol. The summed E-state index contributed by atoms with van der Waals surface area (Å²) < 4.78 is 31.8. The van der Waals surface area contributed by atoms with Crippen LogP contribution in [0, 0.1) is 0 Å². The highest BCUT2D eigenvalue weighted by atomic mass is 32.2. The number of carbonyl (C=O) groups is 2. The van der Waals surface area contributed by atoms with Crippen LogP contribution in [0.2, 0.25) is 0 Å². The Kier molecular flexibility index (Phi) is 7.61. The maximum Gasteiger partial charge on any atom is 0.409 e. The molecule has 150 valence electrons. The number of ether oxygens (including phenoxy) is 1. The molecule has 1 heterocycles. The van der Waals surface area contributed by atoms with Crippen LogP contribution in [0.25, 0.3) is 0 Å². The van der Waals surface area contributed by atoms with E-state index in [1.54, 1.807) is 6.92 Å². The van der Waals surface area contributed by atoms with E-state index in [4.69, 9.17) is 4.74 Å². The van der Waals surface area contributed by atoms with Gasteiger partial charge in [0.05, 0.1) is 11.5 Å². The number of nitrogens with zero attached hydrogens (tertiary/aromatic N) is 2. The van der Waals surface area contributed by atoms with Crippen molar-refractivity contribution in [1.29, 1.82) is 0 Å². The minimum absolute atomic E-state index is 0.136. The number of hydrogen-bond donors (Lipinski definition) is 1. The van der Waals surface area contributed by atoms with Crippen molar-refractivity contribution in [3.8, 4) is 0 Å². The molecular formula is C18H27N3O5S. The van der Waals surface area contributed by atoms with Crippen molar-refractivity contribution in [2.45, 2.75) is 31.6 Å². The second kappa shape index (κ2) is 9.70. The SMILES string of the molecule is CCCCNC(=O)c1ccc(S(=O)(=O)N2CCN(C(=O)OCC)CC2)cc1. The molecule has 1 aliphatic heterocycles. The van der Waals surface area contributed by atoms with Crippen molar-refractivity contribution >= 4 is 22.0 Å². The molecule has 2 rings (SSSR count). The maximum absolute atomic E-state index is 12.8. The molecule has 1 N–H and O–H groups in total. The minimum Gasteiger partial charge on any atom is -0.450 e. The van der Waals surface area contributed by atoms with Gasteiger partial charge < -0.3 is 15.0 Å². The lowest BCUT2D eigenvalue weighted by molar-refractivity contribution is 0.0932. The first-order chi connectivity index (χ1) is 12.9. The van der Waals surface area contributed by atoms with Gasteiger partial charge in [-0.1, -0.05) is 13.3 Å². The third kappa shape index (κ3) is 5.43. The molecule has 27 heavy (non-hydrogen) atoms. The third-order valence-electron chi connectivity index (χ3n) is 4.33. The molecule has 0 aliphatic carbocycles. The molecule has 1 saturated heterocycles. The summed E-state index contributed by atoms with van der Waals surface area (Å²) >= 11 is 0. The van der Waals surface area contributed by atoms with Crippen LogP contribution in [-0.2, 0) is 14.8 Å². The smallest absolute Gasteiger partial charge is 0.409 e. The fraction of sp³-hybridized carbons (Fsp3) is 0.556. The van der Waals surface area contributed by atoms with Gasteiger partial charge in [-0.3, -0.25) is 4.79 Å². The molecule has 9 heteroatoms. The lowest BCUT2D eigenvalue weighted by Gasteiger charge is -2.33. The van der Waals surface area contributed by atoms with Crippen LogP contribution >= 0.6 is 0 Å². The Labute approximate surface area is 160 Å². The van der Waals surface area contributed by atoms with Gasteiger partial charge in [-0.2, -0.15) is 4.31 Å². The van der Waals surface area contributed by atoms with Gasteiger partial charge in [-0.25, -0.2) is 13.2 Å². The first kappa shape index (κ1) is 21.2. The predicted molar refractivity (Wildman–Crippen MR) is 101 cm³/mol. The summed E-state index contributed by atoms with van der Waals surface area (Å²) in [5.74, 6) is -0.213. The topological polar surface area (TPSA) is 96.0 Å². The Morgan fingerprint density at radius 3 is 2.26 bits per heavy atom. The predicted octanol–water partition coefficient (Wildman–Crippen LogP) is 1.68.